The van der Waals surface area contributed by atoms with Gasteiger partial charge in [0.2, 0.25) is 5.91 Å². The molecule has 0 bridgehead atoms. The highest BCUT2D eigenvalue weighted by Gasteiger charge is 2.26. The van der Waals surface area contributed by atoms with Crippen molar-refractivity contribution >= 4 is 17.9 Å². The van der Waals surface area contributed by atoms with Crippen molar-refractivity contribution in [2.75, 3.05) is 13.6 Å². The highest BCUT2D eigenvalue weighted by atomic mass is 16.4. The number of rotatable bonds is 6. The first-order valence-electron chi connectivity index (χ1n) is 5.93. The Labute approximate surface area is 111 Å². The number of aliphatic carboxylic acids is 1. The number of carbonyl (C=O) groups is 3. The summed E-state index contributed by atoms with van der Waals surface area (Å²) < 4.78 is 0. The van der Waals surface area contributed by atoms with Crippen LogP contribution in [0.3, 0.4) is 0 Å². The highest BCUT2D eigenvalue weighted by Crippen LogP contribution is 1.95. The van der Waals surface area contributed by atoms with Gasteiger partial charge in [-0.05, 0) is 20.8 Å². The van der Waals surface area contributed by atoms with Crippen LogP contribution in [0.1, 0.15) is 20.8 Å². The van der Waals surface area contributed by atoms with Crippen molar-refractivity contribution in [3.63, 3.8) is 0 Å². The summed E-state index contributed by atoms with van der Waals surface area (Å²) in [4.78, 5) is 35.4. The maximum atomic E-state index is 11.7. The van der Waals surface area contributed by atoms with Gasteiger partial charge >= 0.3 is 12.0 Å². The Kier molecular flexibility index (Phi) is 6.84. The molecule has 0 aromatic carbocycles. The number of likely N-dealkylation sites (N-methyl/N-ethyl adjacent to an activating group) is 1. The summed E-state index contributed by atoms with van der Waals surface area (Å²) in [7, 11) is 1.59. The lowest BCUT2D eigenvalue weighted by Crippen LogP contribution is -2.55. The van der Waals surface area contributed by atoms with E-state index in [2.05, 4.69) is 10.6 Å². The molecule has 0 radical (unpaired) electrons. The number of amides is 3. The number of nitrogens with zero attached hydrogens (tertiary/aromatic N) is 1. The molecule has 8 nitrogen and oxygen atoms in total. The number of hydrogen-bond acceptors (Lipinski definition) is 4. The zero-order chi connectivity index (χ0) is 15.2. The van der Waals surface area contributed by atoms with Crippen LogP contribution < -0.4 is 10.6 Å². The topological polar surface area (TPSA) is 119 Å². The molecule has 0 aromatic rings. The normalized spacial score (nSPS) is 15.0. The average molecular weight is 275 g/mol. The summed E-state index contributed by atoms with van der Waals surface area (Å²) in [6.07, 6.45) is -1.24. The van der Waals surface area contributed by atoms with Gasteiger partial charge in [0.05, 0.1) is 6.10 Å². The molecule has 110 valence electrons. The van der Waals surface area contributed by atoms with E-state index in [1.54, 1.807) is 14.0 Å². The molecular weight excluding hydrogens is 254 g/mol. The molecule has 3 amide bonds. The van der Waals surface area contributed by atoms with Crippen molar-refractivity contribution in [3.8, 4) is 0 Å². The van der Waals surface area contributed by atoms with E-state index in [4.69, 9.17) is 5.11 Å². The largest absolute Gasteiger partial charge is 0.480 e. The van der Waals surface area contributed by atoms with Crippen LogP contribution in [0.4, 0.5) is 4.79 Å². The molecule has 3 unspecified atom stereocenters. The van der Waals surface area contributed by atoms with E-state index in [1.165, 1.54) is 18.7 Å². The third-order valence-electron chi connectivity index (χ3n) is 2.60. The van der Waals surface area contributed by atoms with Crippen molar-refractivity contribution in [1.29, 1.82) is 0 Å². The van der Waals surface area contributed by atoms with Gasteiger partial charge in [-0.3, -0.25) is 4.79 Å². The van der Waals surface area contributed by atoms with E-state index in [1.807, 2.05) is 0 Å². The van der Waals surface area contributed by atoms with Gasteiger partial charge in [-0.1, -0.05) is 0 Å². The second-order valence-electron chi connectivity index (χ2n) is 4.25. The van der Waals surface area contributed by atoms with Gasteiger partial charge in [-0.25, -0.2) is 9.59 Å². The van der Waals surface area contributed by atoms with E-state index in [0.29, 0.717) is 6.54 Å². The van der Waals surface area contributed by atoms with Crippen LogP contribution in [-0.4, -0.2) is 64.8 Å². The molecule has 0 fully saturated rings. The predicted octanol–water partition coefficient (Wildman–Crippen LogP) is -1.01. The van der Waals surface area contributed by atoms with Gasteiger partial charge in [-0.15, -0.1) is 0 Å². The van der Waals surface area contributed by atoms with Gasteiger partial charge < -0.3 is 25.7 Å². The van der Waals surface area contributed by atoms with E-state index in [9.17, 15) is 19.5 Å². The molecule has 4 N–H and O–H groups in total. The van der Waals surface area contributed by atoms with Gasteiger partial charge in [0.15, 0.2) is 6.04 Å². The summed E-state index contributed by atoms with van der Waals surface area (Å²) in [5.41, 5.74) is 0. The van der Waals surface area contributed by atoms with Gasteiger partial charge in [-0.2, -0.15) is 0 Å². The Morgan fingerprint density at radius 3 is 2.11 bits per heavy atom. The second-order valence-corrected chi connectivity index (χ2v) is 4.25. The molecule has 0 aliphatic rings. The number of aliphatic hydroxyl groups excluding tert-OH is 1. The molecule has 0 rings (SSSR count). The molecule has 0 heterocycles. The first-order valence-corrected chi connectivity index (χ1v) is 5.93. The number of carbonyl (C=O) groups excluding carboxylic acids is 2. The van der Waals surface area contributed by atoms with Gasteiger partial charge in [0.25, 0.3) is 0 Å². The smallest absolute Gasteiger partial charge is 0.328 e. The van der Waals surface area contributed by atoms with Crippen molar-refractivity contribution in [1.82, 2.24) is 15.5 Å². The third kappa shape index (κ3) is 5.56. The standard InChI is InChI=1S/C11H21N3O5/c1-5-14(4)9(16)6(2)12-11(19)13-8(7(3)15)10(17)18/h6-8,15H,5H2,1-4H3,(H,17,18)(H2,12,13,19). The molecular formula is C11H21N3O5. The molecule has 0 aliphatic heterocycles. The molecule has 0 aliphatic carbocycles. The highest BCUT2D eigenvalue weighted by molar-refractivity contribution is 5.88. The molecule has 0 spiro atoms. The maximum Gasteiger partial charge on any atom is 0.328 e. The Balaban J connectivity index is 4.45. The van der Waals surface area contributed by atoms with Gasteiger partial charge in [0, 0.05) is 13.6 Å². The van der Waals surface area contributed by atoms with E-state index < -0.39 is 30.2 Å². The van der Waals surface area contributed by atoms with Crippen LogP contribution in [-0.2, 0) is 9.59 Å². The van der Waals surface area contributed by atoms with Crippen LogP contribution in [0.5, 0.6) is 0 Å². The number of hydrogen-bond donors (Lipinski definition) is 4. The van der Waals surface area contributed by atoms with Crippen LogP contribution in [0, 0.1) is 0 Å². The fourth-order valence-electron chi connectivity index (χ4n) is 1.32. The summed E-state index contributed by atoms with van der Waals surface area (Å²) in [5, 5.41) is 22.4. The molecule has 0 aromatic heterocycles. The molecule has 0 saturated carbocycles. The zero-order valence-electron chi connectivity index (χ0n) is 11.5. The number of carboxylic acids is 1. The lowest BCUT2D eigenvalue weighted by atomic mass is 10.2. The van der Waals surface area contributed by atoms with E-state index in [-0.39, 0.29) is 5.91 Å². The Morgan fingerprint density at radius 2 is 1.74 bits per heavy atom. The monoisotopic (exact) mass is 275 g/mol. The minimum Gasteiger partial charge on any atom is -0.480 e. The maximum absolute atomic E-state index is 11.7. The van der Waals surface area contributed by atoms with Crippen LogP contribution >= 0.6 is 0 Å². The van der Waals surface area contributed by atoms with Crippen molar-refractivity contribution in [2.45, 2.75) is 39.0 Å². The average Bonchev–Trinajstić information content (AvgIpc) is 2.32. The number of aliphatic hydroxyl groups is 1. The van der Waals surface area contributed by atoms with E-state index in [0.717, 1.165) is 0 Å². The second kappa shape index (κ2) is 7.57. The lowest BCUT2D eigenvalue weighted by Gasteiger charge is -2.22. The third-order valence-corrected chi connectivity index (χ3v) is 2.60. The summed E-state index contributed by atoms with van der Waals surface area (Å²) in [6, 6.07) is -3.03. The Morgan fingerprint density at radius 1 is 1.21 bits per heavy atom. The summed E-state index contributed by atoms with van der Waals surface area (Å²) in [5.74, 6) is -1.64. The minimum atomic E-state index is -1.42. The van der Waals surface area contributed by atoms with Crippen LogP contribution in [0.15, 0.2) is 0 Å². The minimum absolute atomic E-state index is 0.290. The lowest BCUT2D eigenvalue weighted by molar-refractivity contribution is -0.141. The number of urea groups is 1. The zero-order valence-corrected chi connectivity index (χ0v) is 11.5. The number of carboxylic acid groups (broad SMARTS) is 1. The fraction of sp³-hybridized carbons (Fsp3) is 0.727. The van der Waals surface area contributed by atoms with Gasteiger partial charge in [0.1, 0.15) is 6.04 Å². The first-order chi connectivity index (χ1) is 8.70. The fourth-order valence-corrected chi connectivity index (χ4v) is 1.32. The number of nitrogens with one attached hydrogen (secondary N) is 2. The van der Waals surface area contributed by atoms with E-state index >= 15 is 0 Å². The molecule has 0 saturated heterocycles. The Hall–Kier alpha value is -1.83. The molecule has 19 heavy (non-hydrogen) atoms. The van der Waals surface area contributed by atoms with Crippen molar-refractivity contribution in [2.24, 2.45) is 0 Å². The van der Waals surface area contributed by atoms with Crippen LogP contribution in [0.25, 0.3) is 0 Å². The summed E-state index contributed by atoms with van der Waals surface area (Å²) in [6.45, 7) is 5.03. The van der Waals surface area contributed by atoms with Crippen molar-refractivity contribution in [3.05, 3.63) is 0 Å². The Bertz CT molecular complexity index is 345. The quantitative estimate of drug-likeness (QED) is 0.495. The molecule has 8 heteroatoms. The molecule has 3 atom stereocenters. The SMILES string of the molecule is CCN(C)C(=O)C(C)NC(=O)NC(C(=O)O)C(C)O. The van der Waals surface area contributed by atoms with Crippen molar-refractivity contribution < 1.29 is 24.6 Å². The predicted molar refractivity (Wildman–Crippen MR) is 67.5 cm³/mol. The van der Waals surface area contributed by atoms with Crippen LogP contribution in [0.2, 0.25) is 0 Å². The summed E-state index contributed by atoms with van der Waals surface area (Å²) >= 11 is 0. The first kappa shape index (κ1) is 17.2.